The Bertz CT molecular complexity index is 491. The van der Waals surface area contributed by atoms with Gasteiger partial charge in [-0.05, 0) is 43.5 Å². The van der Waals surface area contributed by atoms with Crippen molar-refractivity contribution in [3.8, 4) is 5.75 Å². The summed E-state index contributed by atoms with van der Waals surface area (Å²) in [6.07, 6.45) is 0. The van der Waals surface area contributed by atoms with Gasteiger partial charge >= 0.3 is 10.1 Å². The number of aryl methyl sites for hydroxylation is 1. The lowest BCUT2D eigenvalue weighted by Gasteiger charge is -2.23. The van der Waals surface area contributed by atoms with Crippen LogP contribution in [0.3, 0.4) is 0 Å². The zero-order valence-electron chi connectivity index (χ0n) is 8.42. The Morgan fingerprint density at radius 2 is 1.71 bits per heavy atom. The largest absolute Gasteiger partial charge is 0.377 e. The van der Waals surface area contributed by atoms with Gasteiger partial charge in [-0.2, -0.15) is 8.42 Å². The molecule has 1 aliphatic rings. The molecular weight excluding hydrogens is 202 g/mol. The summed E-state index contributed by atoms with van der Waals surface area (Å²) in [4.78, 5) is 0.357. The molecule has 0 bridgehead atoms. The minimum absolute atomic E-state index is 0. The van der Waals surface area contributed by atoms with Crippen LogP contribution in [-0.2, 0) is 10.1 Å². The van der Waals surface area contributed by atoms with Crippen molar-refractivity contribution in [2.45, 2.75) is 25.7 Å². The molecule has 0 saturated carbocycles. The Labute approximate surface area is 83.6 Å². The second-order valence-corrected chi connectivity index (χ2v) is 4.79. The van der Waals surface area contributed by atoms with E-state index in [1.54, 1.807) is 13.0 Å². The highest BCUT2D eigenvalue weighted by molar-refractivity contribution is 7.88. The molecule has 0 unspecified atom stereocenters. The third-order valence-corrected chi connectivity index (χ3v) is 3.92. The number of hydrogen-bond acceptors (Lipinski definition) is 4. The Kier molecular flexibility index (Phi) is 2.33. The highest BCUT2D eigenvalue weighted by Crippen LogP contribution is 2.41. The van der Waals surface area contributed by atoms with Crippen LogP contribution >= 0.6 is 0 Å². The summed E-state index contributed by atoms with van der Waals surface area (Å²) >= 11 is 0. The molecule has 0 atom stereocenters. The van der Waals surface area contributed by atoms with Crippen molar-refractivity contribution in [2.24, 2.45) is 0 Å². The Morgan fingerprint density at radius 1 is 1.14 bits per heavy atom. The van der Waals surface area contributed by atoms with Crippen LogP contribution in [0.15, 0.2) is 11.0 Å². The van der Waals surface area contributed by atoms with E-state index in [1.807, 2.05) is 13.8 Å². The van der Waals surface area contributed by atoms with E-state index in [2.05, 4.69) is 4.18 Å². The van der Waals surface area contributed by atoms with Crippen molar-refractivity contribution >= 4 is 10.1 Å². The molecule has 5 heteroatoms. The van der Waals surface area contributed by atoms with E-state index in [0.717, 1.165) is 16.7 Å². The molecule has 0 saturated heterocycles. The van der Waals surface area contributed by atoms with Crippen LogP contribution in [0.2, 0.25) is 0 Å². The monoisotopic (exact) mass is 215 g/mol. The highest BCUT2D eigenvalue weighted by atomic mass is 32.2. The molecular formula is C9H13NO3S. The van der Waals surface area contributed by atoms with Gasteiger partial charge in [-0.25, -0.2) is 0 Å². The zero-order chi connectivity index (χ0) is 9.80. The molecule has 0 aliphatic carbocycles. The van der Waals surface area contributed by atoms with E-state index in [4.69, 9.17) is 0 Å². The van der Waals surface area contributed by atoms with Gasteiger partial charge in [0, 0.05) is 0 Å². The first kappa shape index (κ1) is 11.0. The lowest BCUT2D eigenvalue weighted by molar-refractivity contribution is 0.439. The van der Waals surface area contributed by atoms with Crippen LogP contribution < -0.4 is 10.3 Å². The van der Waals surface area contributed by atoms with E-state index >= 15 is 0 Å². The molecule has 1 heterocycles. The summed E-state index contributed by atoms with van der Waals surface area (Å²) in [5.41, 5.74) is 2.89. The second-order valence-electron chi connectivity index (χ2n) is 3.31. The predicted molar refractivity (Wildman–Crippen MR) is 53.5 cm³/mol. The van der Waals surface area contributed by atoms with Gasteiger partial charge in [0.1, 0.15) is 0 Å². The average molecular weight is 215 g/mol. The van der Waals surface area contributed by atoms with Crippen LogP contribution in [0, 0.1) is 20.8 Å². The third-order valence-electron chi connectivity index (χ3n) is 2.52. The van der Waals surface area contributed by atoms with Gasteiger partial charge < -0.3 is 10.3 Å². The molecule has 3 N–H and O–H groups in total. The maximum atomic E-state index is 11.2. The van der Waals surface area contributed by atoms with Crippen molar-refractivity contribution in [1.29, 1.82) is 0 Å². The van der Waals surface area contributed by atoms with Crippen molar-refractivity contribution in [2.75, 3.05) is 0 Å². The van der Waals surface area contributed by atoms with Crippen LogP contribution in [-0.4, -0.2) is 8.42 Å². The van der Waals surface area contributed by atoms with E-state index in [1.165, 1.54) is 0 Å². The van der Waals surface area contributed by atoms with Crippen molar-refractivity contribution in [3.63, 3.8) is 0 Å². The molecule has 2 rings (SSSR count). The summed E-state index contributed by atoms with van der Waals surface area (Å²) in [5, 5.41) is 0. The highest BCUT2D eigenvalue weighted by Gasteiger charge is 2.36. The van der Waals surface area contributed by atoms with Gasteiger partial charge in [0.2, 0.25) is 0 Å². The Hall–Kier alpha value is -1.07. The Morgan fingerprint density at radius 3 is 2.21 bits per heavy atom. The molecule has 0 fully saturated rings. The molecule has 0 radical (unpaired) electrons. The first-order chi connectivity index (χ1) is 5.93. The van der Waals surface area contributed by atoms with E-state index < -0.39 is 10.1 Å². The van der Waals surface area contributed by atoms with Crippen molar-refractivity contribution in [3.05, 3.63) is 22.8 Å². The fraction of sp³-hybridized carbons (Fsp3) is 0.333. The second kappa shape index (κ2) is 2.96. The molecule has 0 spiro atoms. The van der Waals surface area contributed by atoms with Gasteiger partial charge in [-0.1, -0.05) is 0 Å². The van der Waals surface area contributed by atoms with Gasteiger partial charge in [-0.3, -0.25) is 0 Å². The molecule has 78 valence electrons. The number of rotatable bonds is 0. The molecule has 0 amide bonds. The topological polar surface area (TPSA) is 78.4 Å². The van der Waals surface area contributed by atoms with Crippen molar-refractivity contribution in [1.82, 2.24) is 6.15 Å². The first-order valence-corrected chi connectivity index (χ1v) is 5.39. The van der Waals surface area contributed by atoms with Gasteiger partial charge in [0.25, 0.3) is 0 Å². The van der Waals surface area contributed by atoms with Gasteiger partial charge in [0.05, 0.1) is 0 Å². The van der Waals surface area contributed by atoms with Crippen LogP contribution in [0.25, 0.3) is 0 Å². The molecule has 1 aromatic carbocycles. The van der Waals surface area contributed by atoms with Crippen LogP contribution in [0.1, 0.15) is 16.7 Å². The molecule has 4 nitrogen and oxygen atoms in total. The first-order valence-electron chi connectivity index (χ1n) is 3.99. The van der Waals surface area contributed by atoms with E-state index in [-0.39, 0.29) is 6.15 Å². The summed E-state index contributed by atoms with van der Waals surface area (Å²) in [7, 11) is -3.41. The lowest BCUT2D eigenvalue weighted by atomic mass is 10.0. The van der Waals surface area contributed by atoms with Gasteiger partial charge in [0.15, 0.2) is 10.6 Å². The maximum absolute atomic E-state index is 11.2. The average Bonchev–Trinajstić information content (AvgIpc) is 1.98. The summed E-state index contributed by atoms with van der Waals surface area (Å²) in [5.74, 6) is 0.487. The zero-order valence-corrected chi connectivity index (χ0v) is 9.23. The standard InChI is InChI=1S/C9H10O3S.H3N/c1-5-4-8-9(7(3)6(5)2)13(10,11)12-8;/h4H,1-3H3;1H3. The summed E-state index contributed by atoms with van der Waals surface area (Å²) < 4.78 is 27.0. The molecule has 0 aromatic heterocycles. The number of benzene rings is 1. The van der Waals surface area contributed by atoms with Gasteiger partial charge in [-0.15, -0.1) is 0 Å². The fourth-order valence-corrected chi connectivity index (χ4v) is 2.73. The number of hydrogen-bond donors (Lipinski definition) is 1. The van der Waals surface area contributed by atoms with Crippen LogP contribution in [0.5, 0.6) is 5.75 Å². The molecule has 14 heavy (non-hydrogen) atoms. The Balaban J connectivity index is 0.000000980. The summed E-state index contributed by atoms with van der Waals surface area (Å²) in [6, 6.07) is 1.76. The number of fused-ring (bicyclic) bond motifs is 1. The molecule has 1 aromatic rings. The fourth-order valence-electron chi connectivity index (χ4n) is 1.52. The summed E-state index contributed by atoms with van der Waals surface area (Å²) in [6.45, 7) is 5.66. The third kappa shape index (κ3) is 1.20. The van der Waals surface area contributed by atoms with E-state index in [0.29, 0.717) is 10.6 Å². The minimum Gasteiger partial charge on any atom is -0.377 e. The van der Waals surface area contributed by atoms with Crippen molar-refractivity contribution < 1.29 is 12.6 Å². The lowest BCUT2D eigenvalue weighted by Crippen LogP contribution is -2.23. The maximum Gasteiger partial charge on any atom is 0.343 e. The van der Waals surface area contributed by atoms with Crippen LogP contribution in [0.4, 0.5) is 0 Å². The quantitative estimate of drug-likeness (QED) is 0.670. The smallest absolute Gasteiger partial charge is 0.343 e. The van der Waals surface area contributed by atoms with E-state index in [9.17, 15) is 8.42 Å². The predicted octanol–water partition coefficient (Wildman–Crippen LogP) is 1.85. The minimum atomic E-state index is -3.41. The normalized spacial score (nSPS) is 15.9. The SMILES string of the molecule is Cc1cc2c(c(C)c1C)S(=O)(=O)O2.N. The molecule has 1 aliphatic heterocycles.